The van der Waals surface area contributed by atoms with Crippen molar-refractivity contribution >= 4 is 11.9 Å². The third-order valence-corrected chi connectivity index (χ3v) is 4.20. The van der Waals surface area contributed by atoms with E-state index in [4.69, 9.17) is 5.11 Å². The summed E-state index contributed by atoms with van der Waals surface area (Å²) < 4.78 is 38.0. The number of rotatable bonds is 7. The van der Waals surface area contributed by atoms with Crippen molar-refractivity contribution in [3.63, 3.8) is 0 Å². The maximum absolute atomic E-state index is 12.7. The molecule has 0 heterocycles. The lowest BCUT2D eigenvalue weighted by Gasteiger charge is -2.18. The molecular formula is C21H22F3NO3. The number of aryl methyl sites for hydroxylation is 2. The molecule has 0 aliphatic carbocycles. The van der Waals surface area contributed by atoms with Crippen molar-refractivity contribution in [2.75, 3.05) is 0 Å². The highest BCUT2D eigenvalue weighted by Gasteiger charge is 2.30. The zero-order valence-corrected chi connectivity index (χ0v) is 15.6. The van der Waals surface area contributed by atoms with Gasteiger partial charge >= 0.3 is 12.1 Å². The van der Waals surface area contributed by atoms with Gasteiger partial charge in [-0.2, -0.15) is 13.2 Å². The Kier molecular flexibility index (Phi) is 6.83. The maximum Gasteiger partial charge on any atom is 0.416 e. The van der Waals surface area contributed by atoms with Crippen LogP contribution < -0.4 is 5.32 Å². The number of hydrogen-bond acceptors (Lipinski definition) is 2. The minimum absolute atomic E-state index is 0.103. The largest absolute Gasteiger partial charge is 0.481 e. The van der Waals surface area contributed by atoms with Gasteiger partial charge in [0.15, 0.2) is 0 Å². The number of carboxylic acid groups (broad SMARTS) is 1. The second kappa shape index (κ2) is 8.91. The van der Waals surface area contributed by atoms with E-state index in [0.717, 1.165) is 28.8 Å². The molecule has 0 aromatic heterocycles. The number of carbonyl (C=O) groups excluding carboxylic acids is 1. The minimum atomic E-state index is -4.43. The fourth-order valence-electron chi connectivity index (χ4n) is 3.13. The number of benzene rings is 2. The molecule has 0 saturated carbocycles. The lowest BCUT2D eigenvalue weighted by Crippen LogP contribution is -2.39. The minimum Gasteiger partial charge on any atom is -0.481 e. The van der Waals surface area contributed by atoms with Gasteiger partial charge in [-0.15, -0.1) is 0 Å². The molecule has 7 heteroatoms. The van der Waals surface area contributed by atoms with Crippen molar-refractivity contribution in [1.82, 2.24) is 5.32 Å². The van der Waals surface area contributed by atoms with Crippen LogP contribution in [0.4, 0.5) is 13.2 Å². The first kappa shape index (κ1) is 21.5. The highest BCUT2D eigenvalue weighted by atomic mass is 19.4. The van der Waals surface area contributed by atoms with E-state index in [-0.39, 0.29) is 25.2 Å². The Hall–Kier alpha value is -2.83. The van der Waals surface area contributed by atoms with Gasteiger partial charge in [-0.25, -0.2) is 0 Å². The molecule has 2 aromatic rings. The molecule has 2 rings (SSSR count). The molecule has 0 unspecified atom stereocenters. The van der Waals surface area contributed by atoms with E-state index >= 15 is 0 Å². The molecule has 4 nitrogen and oxygen atoms in total. The number of halogens is 3. The Morgan fingerprint density at radius 2 is 1.57 bits per heavy atom. The molecule has 0 aliphatic rings. The lowest BCUT2D eigenvalue weighted by molar-refractivity contribution is -0.138. The van der Waals surface area contributed by atoms with Crippen LogP contribution in [0, 0.1) is 13.8 Å². The second-order valence-electron chi connectivity index (χ2n) is 6.93. The fraction of sp³-hybridized carbons (Fsp3) is 0.333. The van der Waals surface area contributed by atoms with E-state index < -0.39 is 23.8 Å². The Morgan fingerprint density at radius 1 is 1.00 bits per heavy atom. The van der Waals surface area contributed by atoms with E-state index in [1.54, 1.807) is 0 Å². The summed E-state index contributed by atoms with van der Waals surface area (Å²) in [5.74, 6) is -1.42. The predicted molar refractivity (Wildman–Crippen MR) is 99.0 cm³/mol. The molecule has 0 aliphatic heterocycles. The summed E-state index contributed by atoms with van der Waals surface area (Å²) in [7, 11) is 0. The molecule has 0 radical (unpaired) electrons. The Morgan fingerprint density at radius 3 is 2.07 bits per heavy atom. The normalized spacial score (nSPS) is 12.5. The Balaban J connectivity index is 2.06. The van der Waals surface area contributed by atoms with Crippen molar-refractivity contribution < 1.29 is 27.9 Å². The molecule has 150 valence electrons. The van der Waals surface area contributed by atoms with Gasteiger partial charge in [0.05, 0.1) is 18.4 Å². The number of amides is 1. The Labute approximate surface area is 161 Å². The first-order valence-corrected chi connectivity index (χ1v) is 8.77. The number of aliphatic carboxylic acids is 1. The summed E-state index contributed by atoms with van der Waals surface area (Å²) in [6, 6.07) is 9.53. The number of nitrogens with one attached hydrogen (secondary N) is 1. The van der Waals surface area contributed by atoms with Gasteiger partial charge in [-0.05, 0) is 43.5 Å². The molecule has 1 atom stereocenters. The third-order valence-electron chi connectivity index (χ3n) is 4.20. The van der Waals surface area contributed by atoms with Crippen molar-refractivity contribution in [2.45, 2.75) is 45.3 Å². The van der Waals surface area contributed by atoms with Crippen LogP contribution in [0.15, 0.2) is 42.5 Å². The van der Waals surface area contributed by atoms with Gasteiger partial charge in [-0.1, -0.05) is 41.5 Å². The van der Waals surface area contributed by atoms with Crippen molar-refractivity contribution in [3.05, 3.63) is 70.3 Å². The molecule has 2 N–H and O–H groups in total. The summed E-state index contributed by atoms with van der Waals surface area (Å²) >= 11 is 0. The van der Waals surface area contributed by atoms with Crippen LogP contribution in [-0.2, 0) is 28.6 Å². The molecular weight excluding hydrogens is 371 g/mol. The van der Waals surface area contributed by atoms with Crippen LogP contribution in [0.25, 0.3) is 0 Å². The van der Waals surface area contributed by atoms with Crippen molar-refractivity contribution in [3.8, 4) is 0 Å². The molecule has 0 bridgehead atoms. The Bertz CT molecular complexity index is 825. The zero-order chi connectivity index (χ0) is 20.9. The van der Waals surface area contributed by atoms with Gasteiger partial charge in [-0.3, -0.25) is 9.59 Å². The number of alkyl halides is 3. The van der Waals surface area contributed by atoms with Crippen LogP contribution >= 0.6 is 0 Å². The number of carboxylic acids is 1. The number of carbonyl (C=O) groups is 2. The van der Waals surface area contributed by atoms with Crippen molar-refractivity contribution in [1.29, 1.82) is 0 Å². The topological polar surface area (TPSA) is 66.4 Å². The number of hydrogen-bond donors (Lipinski definition) is 2. The van der Waals surface area contributed by atoms with Crippen LogP contribution in [0.1, 0.15) is 34.2 Å². The molecule has 0 saturated heterocycles. The zero-order valence-electron chi connectivity index (χ0n) is 15.6. The average Bonchev–Trinajstić information content (AvgIpc) is 2.52. The van der Waals surface area contributed by atoms with Gasteiger partial charge in [0.2, 0.25) is 5.91 Å². The van der Waals surface area contributed by atoms with E-state index in [1.165, 1.54) is 12.1 Å². The second-order valence-corrected chi connectivity index (χ2v) is 6.93. The fourth-order valence-corrected chi connectivity index (χ4v) is 3.13. The standard InChI is InChI=1S/C21H22F3NO3/c1-13-7-14(2)9-16(8-13)11-19(26)25-18(12-20(27)28)10-15-3-5-17(6-4-15)21(22,23)24/h3-9,18H,10-12H2,1-2H3,(H,25,26)(H,27,28)/t18-/m0/s1. The average molecular weight is 393 g/mol. The van der Waals surface area contributed by atoms with Crippen LogP contribution in [0.2, 0.25) is 0 Å². The quantitative estimate of drug-likeness (QED) is 0.745. The summed E-state index contributed by atoms with van der Waals surface area (Å²) in [4.78, 5) is 23.5. The molecule has 1 amide bonds. The van der Waals surface area contributed by atoms with Gasteiger partial charge < -0.3 is 10.4 Å². The molecule has 28 heavy (non-hydrogen) atoms. The van der Waals surface area contributed by atoms with Crippen LogP contribution in [0.5, 0.6) is 0 Å². The summed E-state index contributed by atoms with van der Waals surface area (Å²) in [6.45, 7) is 3.85. The molecule has 0 spiro atoms. The SMILES string of the molecule is Cc1cc(C)cc(CC(=O)N[C@H](CC(=O)O)Cc2ccc(C(F)(F)F)cc2)c1. The van der Waals surface area contributed by atoms with Crippen molar-refractivity contribution in [2.24, 2.45) is 0 Å². The van der Waals surface area contributed by atoms with Crippen LogP contribution in [-0.4, -0.2) is 23.0 Å². The highest BCUT2D eigenvalue weighted by molar-refractivity contribution is 5.80. The lowest BCUT2D eigenvalue weighted by atomic mass is 10.0. The van der Waals surface area contributed by atoms with Crippen LogP contribution in [0.3, 0.4) is 0 Å². The first-order chi connectivity index (χ1) is 13.0. The smallest absolute Gasteiger partial charge is 0.416 e. The third kappa shape index (κ3) is 6.72. The highest BCUT2D eigenvalue weighted by Crippen LogP contribution is 2.29. The van der Waals surface area contributed by atoms with E-state index in [9.17, 15) is 22.8 Å². The van der Waals surface area contributed by atoms with E-state index in [1.807, 2.05) is 32.0 Å². The predicted octanol–water partition coefficient (Wildman–Crippen LogP) is 4.07. The van der Waals surface area contributed by atoms with Gasteiger partial charge in [0.1, 0.15) is 0 Å². The monoisotopic (exact) mass is 393 g/mol. The van der Waals surface area contributed by atoms with E-state index in [0.29, 0.717) is 5.56 Å². The summed E-state index contributed by atoms with van der Waals surface area (Å²) in [5, 5.41) is 11.8. The summed E-state index contributed by atoms with van der Waals surface area (Å²) in [5.41, 5.74) is 2.61. The molecule has 2 aromatic carbocycles. The summed E-state index contributed by atoms with van der Waals surface area (Å²) in [6.07, 6.45) is -4.52. The van der Waals surface area contributed by atoms with E-state index in [2.05, 4.69) is 5.32 Å². The maximum atomic E-state index is 12.7. The first-order valence-electron chi connectivity index (χ1n) is 8.77. The van der Waals surface area contributed by atoms with Gasteiger partial charge in [0.25, 0.3) is 0 Å². The van der Waals surface area contributed by atoms with Gasteiger partial charge in [0, 0.05) is 6.04 Å². The molecule has 0 fully saturated rings.